The molecule has 1 rings (SSSR count). The molecule has 0 spiro atoms. The summed E-state index contributed by atoms with van der Waals surface area (Å²) in [5.41, 5.74) is 0. The van der Waals surface area contributed by atoms with E-state index >= 15 is 0 Å². The highest BCUT2D eigenvalue weighted by molar-refractivity contribution is 5.74. The number of rotatable bonds is 8. The topological polar surface area (TPSA) is 78.4 Å². The first-order valence-electron chi connectivity index (χ1n) is 8.25. The van der Waals surface area contributed by atoms with Crippen molar-refractivity contribution in [2.45, 2.75) is 71.3 Å². The van der Waals surface area contributed by atoms with Gasteiger partial charge in [-0.05, 0) is 43.9 Å². The molecule has 0 aromatic heterocycles. The Morgan fingerprint density at radius 1 is 1.10 bits per heavy atom. The molecule has 2 amide bonds. The molecule has 0 heterocycles. The molecule has 3 atom stereocenters. The molecule has 3 unspecified atom stereocenters. The molecule has 3 N–H and O–H groups in total. The maximum atomic E-state index is 11.8. The summed E-state index contributed by atoms with van der Waals surface area (Å²) in [6.07, 6.45) is 7.20. The Morgan fingerprint density at radius 2 is 1.81 bits per heavy atom. The van der Waals surface area contributed by atoms with Crippen LogP contribution in [-0.2, 0) is 4.79 Å². The minimum atomic E-state index is -0.733. The number of carboxylic acids is 1. The number of hydrogen-bond acceptors (Lipinski definition) is 2. The second-order valence-corrected chi connectivity index (χ2v) is 6.46. The maximum absolute atomic E-state index is 11.8. The molecule has 122 valence electrons. The van der Waals surface area contributed by atoms with E-state index in [1.54, 1.807) is 0 Å². The summed E-state index contributed by atoms with van der Waals surface area (Å²) in [7, 11) is 0. The van der Waals surface area contributed by atoms with Crippen molar-refractivity contribution in [3.05, 3.63) is 0 Å². The van der Waals surface area contributed by atoms with Crippen LogP contribution in [0.25, 0.3) is 0 Å². The zero-order valence-electron chi connectivity index (χ0n) is 13.4. The van der Waals surface area contributed by atoms with E-state index in [2.05, 4.69) is 24.5 Å². The zero-order valence-corrected chi connectivity index (χ0v) is 13.4. The SMILES string of the molecule is CC1CCC(NC(=O)NCCCCCCC(=O)O)C(C)C1. The Kier molecular flexibility index (Phi) is 8.16. The third-order valence-electron chi connectivity index (χ3n) is 4.35. The number of unbranched alkanes of at least 4 members (excludes halogenated alkanes) is 3. The normalized spacial score (nSPS) is 25.3. The first kappa shape index (κ1) is 17.8. The van der Waals surface area contributed by atoms with Gasteiger partial charge in [-0.3, -0.25) is 4.79 Å². The third-order valence-corrected chi connectivity index (χ3v) is 4.35. The molecule has 0 radical (unpaired) electrons. The summed E-state index contributed by atoms with van der Waals surface area (Å²) in [6, 6.07) is 0.240. The molecule has 1 aliphatic rings. The molecule has 0 aliphatic heterocycles. The van der Waals surface area contributed by atoms with E-state index in [-0.39, 0.29) is 12.5 Å². The lowest BCUT2D eigenvalue weighted by Gasteiger charge is -2.33. The van der Waals surface area contributed by atoms with E-state index in [9.17, 15) is 9.59 Å². The molecule has 5 nitrogen and oxygen atoms in total. The van der Waals surface area contributed by atoms with Crippen LogP contribution >= 0.6 is 0 Å². The summed E-state index contributed by atoms with van der Waals surface area (Å²) in [5, 5.41) is 14.5. The Labute approximate surface area is 127 Å². The number of carboxylic acid groups (broad SMARTS) is 1. The second kappa shape index (κ2) is 9.64. The van der Waals surface area contributed by atoms with Crippen LogP contribution in [-0.4, -0.2) is 29.7 Å². The summed E-state index contributed by atoms with van der Waals surface area (Å²) in [4.78, 5) is 22.2. The predicted molar refractivity (Wildman–Crippen MR) is 83.2 cm³/mol. The highest BCUT2D eigenvalue weighted by Gasteiger charge is 2.26. The molecule has 5 heteroatoms. The van der Waals surface area contributed by atoms with Crippen LogP contribution in [0.3, 0.4) is 0 Å². The third kappa shape index (κ3) is 7.93. The molecule has 0 saturated heterocycles. The monoisotopic (exact) mass is 298 g/mol. The van der Waals surface area contributed by atoms with Crippen LogP contribution in [0, 0.1) is 11.8 Å². The quantitative estimate of drug-likeness (QED) is 0.602. The standard InChI is InChI=1S/C16H30N2O3/c1-12-8-9-14(13(2)11-12)18-16(21)17-10-6-4-3-5-7-15(19)20/h12-14H,3-11H2,1-2H3,(H,19,20)(H2,17,18,21). The Balaban J connectivity index is 2.02. The molecule has 1 saturated carbocycles. The minimum Gasteiger partial charge on any atom is -0.481 e. The molecule has 0 aromatic rings. The van der Waals surface area contributed by atoms with Crippen molar-refractivity contribution >= 4 is 12.0 Å². The van der Waals surface area contributed by atoms with Crippen molar-refractivity contribution in [2.75, 3.05) is 6.54 Å². The van der Waals surface area contributed by atoms with Gasteiger partial charge in [0.25, 0.3) is 0 Å². The maximum Gasteiger partial charge on any atom is 0.315 e. The minimum absolute atomic E-state index is 0.0630. The van der Waals surface area contributed by atoms with Gasteiger partial charge in [0.05, 0.1) is 0 Å². The first-order chi connectivity index (χ1) is 9.99. The fourth-order valence-corrected chi connectivity index (χ4v) is 3.06. The number of carbonyl (C=O) groups is 2. The highest BCUT2D eigenvalue weighted by Crippen LogP contribution is 2.28. The smallest absolute Gasteiger partial charge is 0.315 e. The Bertz CT molecular complexity index is 333. The van der Waals surface area contributed by atoms with Gasteiger partial charge in [0, 0.05) is 19.0 Å². The van der Waals surface area contributed by atoms with Gasteiger partial charge in [-0.15, -0.1) is 0 Å². The van der Waals surface area contributed by atoms with Gasteiger partial charge in [-0.2, -0.15) is 0 Å². The lowest BCUT2D eigenvalue weighted by Crippen LogP contribution is -2.47. The largest absolute Gasteiger partial charge is 0.481 e. The van der Waals surface area contributed by atoms with Gasteiger partial charge >= 0.3 is 12.0 Å². The van der Waals surface area contributed by atoms with Crippen LogP contribution in [0.4, 0.5) is 4.79 Å². The fraction of sp³-hybridized carbons (Fsp3) is 0.875. The lowest BCUT2D eigenvalue weighted by atomic mass is 9.80. The summed E-state index contributed by atoms with van der Waals surface area (Å²) < 4.78 is 0. The van der Waals surface area contributed by atoms with E-state index < -0.39 is 5.97 Å². The van der Waals surface area contributed by atoms with Gasteiger partial charge in [-0.25, -0.2) is 4.79 Å². The number of amides is 2. The van der Waals surface area contributed by atoms with Crippen molar-refractivity contribution in [2.24, 2.45) is 11.8 Å². The Morgan fingerprint density at radius 3 is 2.48 bits per heavy atom. The van der Waals surface area contributed by atoms with Gasteiger partial charge in [-0.1, -0.05) is 26.7 Å². The van der Waals surface area contributed by atoms with Gasteiger partial charge in [0.1, 0.15) is 0 Å². The molecular weight excluding hydrogens is 268 g/mol. The van der Waals surface area contributed by atoms with E-state index in [1.807, 2.05) is 0 Å². The summed E-state index contributed by atoms with van der Waals surface area (Å²) >= 11 is 0. The van der Waals surface area contributed by atoms with Crippen LogP contribution < -0.4 is 10.6 Å². The number of urea groups is 1. The highest BCUT2D eigenvalue weighted by atomic mass is 16.4. The average molecular weight is 298 g/mol. The van der Waals surface area contributed by atoms with Crippen molar-refractivity contribution in [3.8, 4) is 0 Å². The van der Waals surface area contributed by atoms with Crippen LogP contribution in [0.2, 0.25) is 0 Å². The molecule has 0 bridgehead atoms. The number of hydrogen-bond donors (Lipinski definition) is 3. The molecule has 0 aromatic carbocycles. The number of aliphatic carboxylic acids is 1. The zero-order chi connectivity index (χ0) is 15.7. The van der Waals surface area contributed by atoms with Crippen molar-refractivity contribution < 1.29 is 14.7 Å². The second-order valence-electron chi connectivity index (χ2n) is 6.46. The van der Waals surface area contributed by atoms with Gasteiger partial charge in [0.2, 0.25) is 0 Å². The van der Waals surface area contributed by atoms with Crippen molar-refractivity contribution in [1.29, 1.82) is 0 Å². The van der Waals surface area contributed by atoms with E-state index in [0.717, 1.165) is 38.0 Å². The van der Waals surface area contributed by atoms with Crippen LogP contribution in [0.5, 0.6) is 0 Å². The van der Waals surface area contributed by atoms with E-state index in [0.29, 0.717) is 18.5 Å². The summed E-state index contributed by atoms with van der Waals surface area (Å²) in [6.45, 7) is 5.15. The lowest BCUT2D eigenvalue weighted by molar-refractivity contribution is -0.137. The first-order valence-corrected chi connectivity index (χ1v) is 8.25. The van der Waals surface area contributed by atoms with Gasteiger partial charge < -0.3 is 15.7 Å². The Hall–Kier alpha value is -1.26. The van der Waals surface area contributed by atoms with Crippen molar-refractivity contribution in [1.82, 2.24) is 10.6 Å². The van der Waals surface area contributed by atoms with Gasteiger partial charge in [0.15, 0.2) is 0 Å². The molecule has 1 fully saturated rings. The number of carbonyl (C=O) groups excluding carboxylic acids is 1. The summed E-state index contributed by atoms with van der Waals surface area (Å²) in [5.74, 6) is 0.589. The molecular formula is C16H30N2O3. The van der Waals surface area contributed by atoms with E-state index in [1.165, 1.54) is 12.8 Å². The fourth-order valence-electron chi connectivity index (χ4n) is 3.06. The molecule has 21 heavy (non-hydrogen) atoms. The van der Waals surface area contributed by atoms with Crippen LogP contribution in [0.1, 0.15) is 65.2 Å². The average Bonchev–Trinajstić information content (AvgIpc) is 2.40. The predicted octanol–water partition coefficient (Wildman–Crippen LogP) is 3.15. The number of nitrogens with one attached hydrogen (secondary N) is 2. The molecule has 1 aliphatic carbocycles. The van der Waals surface area contributed by atoms with Crippen molar-refractivity contribution in [3.63, 3.8) is 0 Å². The van der Waals surface area contributed by atoms with Crippen LogP contribution in [0.15, 0.2) is 0 Å². The van der Waals surface area contributed by atoms with E-state index in [4.69, 9.17) is 5.11 Å².